The van der Waals surface area contributed by atoms with Crippen LogP contribution in [0.1, 0.15) is 33.6 Å². The molecular formula is C54H46Cl2F2N10O8S4. The summed E-state index contributed by atoms with van der Waals surface area (Å²) in [6.45, 7) is 1.12. The Morgan fingerprint density at radius 3 is 1.69 bits per heavy atom. The molecule has 6 aromatic heterocycles. The van der Waals surface area contributed by atoms with Crippen molar-refractivity contribution in [3.05, 3.63) is 165 Å². The van der Waals surface area contributed by atoms with E-state index in [-0.39, 0.29) is 38.1 Å². The van der Waals surface area contributed by atoms with Gasteiger partial charge in [0.15, 0.2) is 0 Å². The molecule has 4 aromatic carbocycles. The van der Waals surface area contributed by atoms with Gasteiger partial charge in [-0.3, -0.25) is 17.7 Å². The molecule has 0 saturated carbocycles. The van der Waals surface area contributed by atoms with Gasteiger partial charge in [-0.25, -0.2) is 28.7 Å². The van der Waals surface area contributed by atoms with Gasteiger partial charge in [0.25, 0.3) is 20.2 Å². The molecule has 18 nitrogen and oxygen atoms in total. The molecule has 0 spiro atoms. The monoisotopic (exact) mass is 1200 g/mol. The fraction of sp³-hybridized carbons (Fsp3) is 0.222. The highest BCUT2D eigenvalue weighted by Gasteiger charge is 2.29. The molecule has 2 aliphatic rings. The standard InChI is InChI=1S/2C27H23ClFN5O4S2/c1-40(35,36)38-10-9-34-13-20-22(33-34)7-6-19-24-26(30-15-31-27(24)39-25(19)20)32-18-5-8-23(21(28)12-18)37-14-16-3-2-4-17(29)11-16;1-40(35,36)38-10-9-34-22-7-6-19-24-26(30-15-31-27(24)39-25(19)20(22)13-32-34)33-18-5-8-23(21(28)12-18)37-14-16-3-2-4-17(29)11-16/h2-5,8,11-13,15H,6-7,9-10,14H2,1H3,(H,30,31,32);2-5,8,11-13,15H,6-7,9-10,14H2,1H3,(H,30,31,33). The van der Waals surface area contributed by atoms with E-state index < -0.39 is 20.2 Å². The van der Waals surface area contributed by atoms with E-state index >= 15 is 0 Å². The summed E-state index contributed by atoms with van der Waals surface area (Å²) in [7, 11) is -7.01. The van der Waals surface area contributed by atoms with E-state index in [0.717, 1.165) is 113 Å². The molecule has 0 radical (unpaired) electrons. The fourth-order valence-electron chi connectivity index (χ4n) is 9.37. The minimum absolute atomic E-state index is 0.0232. The zero-order valence-electron chi connectivity index (χ0n) is 42.5. The number of hydrogen-bond acceptors (Lipinski definition) is 18. The summed E-state index contributed by atoms with van der Waals surface area (Å²) >= 11 is 16.2. The van der Waals surface area contributed by atoms with Gasteiger partial charge in [-0.15, -0.1) is 22.7 Å². The summed E-state index contributed by atoms with van der Waals surface area (Å²) in [5, 5.41) is 18.6. The van der Waals surface area contributed by atoms with E-state index in [1.807, 2.05) is 24.5 Å². The number of aromatic nitrogens is 8. The van der Waals surface area contributed by atoms with Crippen molar-refractivity contribution in [3.63, 3.8) is 0 Å². The highest BCUT2D eigenvalue weighted by atomic mass is 35.5. The molecule has 412 valence electrons. The quantitative estimate of drug-likeness (QED) is 0.0764. The second kappa shape index (κ2) is 23.1. The fourth-order valence-corrected chi connectivity index (χ4v) is 13.0. The van der Waals surface area contributed by atoms with Gasteiger partial charge in [-0.1, -0.05) is 47.5 Å². The molecule has 0 bridgehead atoms. The molecule has 26 heteroatoms. The van der Waals surface area contributed by atoms with Gasteiger partial charge in [-0.05, 0) is 109 Å². The lowest BCUT2D eigenvalue weighted by Crippen LogP contribution is -2.15. The number of anilines is 4. The maximum absolute atomic E-state index is 13.5. The number of hydrogen-bond donors (Lipinski definition) is 2. The first-order valence-electron chi connectivity index (χ1n) is 24.7. The maximum Gasteiger partial charge on any atom is 0.264 e. The molecule has 0 aliphatic heterocycles. The van der Waals surface area contributed by atoms with E-state index in [1.165, 1.54) is 36.9 Å². The summed E-state index contributed by atoms with van der Waals surface area (Å²) in [5.41, 5.74) is 9.19. The number of rotatable bonds is 18. The van der Waals surface area contributed by atoms with Gasteiger partial charge in [0.05, 0.1) is 71.5 Å². The third kappa shape index (κ3) is 12.6. The highest BCUT2D eigenvalue weighted by Crippen LogP contribution is 2.47. The van der Waals surface area contributed by atoms with Crippen LogP contribution in [-0.2, 0) is 80.6 Å². The summed E-state index contributed by atoms with van der Waals surface area (Å²) < 4.78 is 97.0. The average molecular weight is 1200 g/mol. The third-order valence-corrected chi connectivity index (χ3v) is 17.0. The molecule has 2 aliphatic carbocycles. The first-order valence-corrected chi connectivity index (χ1v) is 30.7. The van der Waals surface area contributed by atoms with Crippen LogP contribution in [0.25, 0.3) is 41.3 Å². The van der Waals surface area contributed by atoms with Crippen LogP contribution < -0.4 is 20.1 Å². The molecule has 0 unspecified atom stereocenters. The van der Waals surface area contributed by atoms with Crippen LogP contribution in [0.5, 0.6) is 11.5 Å². The molecule has 2 N–H and O–H groups in total. The third-order valence-electron chi connectivity index (χ3n) is 12.8. The predicted octanol–water partition coefficient (Wildman–Crippen LogP) is 11.5. The van der Waals surface area contributed by atoms with E-state index in [4.69, 9.17) is 41.0 Å². The van der Waals surface area contributed by atoms with Gasteiger partial charge < -0.3 is 20.1 Å². The molecular weight excluding hydrogens is 1150 g/mol. The normalized spacial score (nSPS) is 12.8. The van der Waals surface area contributed by atoms with Crippen molar-refractivity contribution in [3.8, 4) is 32.4 Å². The Morgan fingerprint density at radius 1 is 0.637 bits per heavy atom. The number of benzene rings is 4. The van der Waals surface area contributed by atoms with Gasteiger partial charge in [0.2, 0.25) is 0 Å². The zero-order chi connectivity index (χ0) is 55.7. The topological polar surface area (TPSA) is 216 Å². The van der Waals surface area contributed by atoms with Crippen LogP contribution >= 0.6 is 45.9 Å². The Bertz CT molecular complexity index is 4040. The van der Waals surface area contributed by atoms with Crippen LogP contribution in [0.3, 0.4) is 0 Å². The van der Waals surface area contributed by atoms with Gasteiger partial charge in [0, 0.05) is 44.1 Å². The average Bonchev–Trinajstić information content (AvgIpc) is 4.25. The first kappa shape index (κ1) is 54.8. The zero-order valence-corrected chi connectivity index (χ0v) is 47.2. The van der Waals surface area contributed by atoms with E-state index in [0.29, 0.717) is 57.4 Å². The number of nitrogens with zero attached hydrogens (tertiary/aromatic N) is 8. The van der Waals surface area contributed by atoms with Crippen molar-refractivity contribution < 1.29 is 43.5 Å². The van der Waals surface area contributed by atoms with Crippen molar-refractivity contribution in [2.45, 2.75) is 52.0 Å². The van der Waals surface area contributed by atoms with Crippen LogP contribution in [0, 0.1) is 11.6 Å². The van der Waals surface area contributed by atoms with Gasteiger partial charge in [0.1, 0.15) is 70.3 Å². The number of aryl methyl sites for hydroxylation is 3. The number of thiophene rings is 2. The minimum atomic E-state index is -3.51. The van der Waals surface area contributed by atoms with E-state index in [9.17, 15) is 25.6 Å². The van der Waals surface area contributed by atoms with Gasteiger partial charge in [-0.2, -0.15) is 27.0 Å². The molecule has 0 fully saturated rings. The van der Waals surface area contributed by atoms with Crippen LogP contribution in [0.2, 0.25) is 10.0 Å². The van der Waals surface area contributed by atoms with Crippen molar-refractivity contribution in [2.24, 2.45) is 0 Å². The SMILES string of the molecule is CS(=O)(=O)OCCn1cc2c(n1)CCc1c-2sc2ncnc(Nc3ccc(OCc4cccc(F)c4)c(Cl)c3)c12.CS(=O)(=O)OCCn1ncc2c1CCc1c-2sc2ncnc(Nc3ccc(OCc4cccc(F)c4)c(Cl)c3)c12. The molecule has 80 heavy (non-hydrogen) atoms. The number of fused-ring (bicyclic) bond motifs is 10. The second-order valence-electron chi connectivity index (χ2n) is 18.5. The molecule has 0 saturated heterocycles. The minimum Gasteiger partial charge on any atom is -0.487 e. The number of halogens is 4. The van der Waals surface area contributed by atoms with E-state index in [1.54, 1.807) is 80.6 Å². The molecule has 12 rings (SSSR count). The number of ether oxygens (including phenoxy) is 2. The first-order chi connectivity index (χ1) is 38.5. The molecule has 10 aromatic rings. The Hall–Kier alpha value is -7.16. The maximum atomic E-state index is 13.5. The van der Waals surface area contributed by atoms with Crippen LogP contribution in [0.4, 0.5) is 31.8 Å². The summed E-state index contributed by atoms with van der Waals surface area (Å²) in [4.78, 5) is 21.9. The number of nitrogens with one attached hydrogen (secondary N) is 2. The van der Waals surface area contributed by atoms with Crippen LogP contribution in [0.15, 0.2) is 110 Å². The van der Waals surface area contributed by atoms with Crippen molar-refractivity contribution in [1.82, 2.24) is 39.5 Å². The summed E-state index contributed by atoms with van der Waals surface area (Å²) in [6.07, 6.45) is 11.9. The van der Waals surface area contributed by atoms with E-state index in [2.05, 4.69) is 40.8 Å². The molecule has 0 atom stereocenters. The highest BCUT2D eigenvalue weighted by molar-refractivity contribution is 7.86. The lowest BCUT2D eigenvalue weighted by Gasteiger charge is -2.16. The lowest BCUT2D eigenvalue weighted by molar-refractivity contribution is 0.294. The Labute approximate surface area is 475 Å². The molecule has 6 heterocycles. The Kier molecular flexibility index (Phi) is 15.8. The summed E-state index contributed by atoms with van der Waals surface area (Å²) in [5.74, 6) is 1.69. The van der Waals surface area contributed by atoms with Crippen LogP contribution in [-0.4, -0.2) is 82.1 Å². The van der Waals surface area contributed by atoms with Crippen molar-refractivity contribution >= 4 is 110 Å². The Morgan fingerprint density at radius 2 is 1.16 bits per heavy atom. The molecule has 0 amide bonds. The van der Waals surface area contributed by atoms with Gasteiger partial charge >= 0.3 is 0 Å². The second-order valence-corrected chi connectivity index (χ2v) is 24.6. The van der Waals surface area contributed by atoms with Crippen molar-refractivity contribution in [2.75, 3.05) is 36.4 Å². The largest absolute Gasteiger partial charge is 0.487 e. The predicted molar refractivity (Wildman–Crippen MR) is 305 cm³/mol. The van der Waals surface area contributed by atoms with Crippen molar-refractivity contribution in [1.29, 1.82) is 0 Å². The lowest BCUT2D eigenvalue weighted by atomic mass is 9.95. The smallest absolute Gasteiger partial charge is 0.264 e. The Balaban J connectivity index is 0.000000169. The summed E-state index contributed by atoms with van der Waals surface area (Å²) in [6, 6.07) is 23.2.